The van der Waals surface area contributed by atoms with Crippen LogP contribution in [0.1, 0.15) is 31.2 Å². The lowest BCUT2D eigenvalue weighted by molar-refractivity contribution is -0.114. The number of hydrogen-bond donors (Lipinski definition) is 1. The molecule has 3 aromatic rings. The molecule has 156 valence electrons. The lowest BCUT2D eigenvalue weighted by Crippen LogP contribution is -2.37. The minimum absolute atomic E-state index is 0.190. The van der Waals surface area contributed by atoms with E-state index in [1.807, 2.05) is 12.1 Å². The molecule has 0 bridgehead atoms. The molecule has 1 amide bonds. The highest BCUT2D eigenvalue weighted by atomic mass is 32.2. The highest BCUT2D eigenvalue weighted by Gasteiger charge is 2.30. The van der Waals surface area contributed by atoms with Crippen LogP contribution in [0.25, 0.3) is 11.1 Å². The van der Waals surface area contributed by atoms with Gasteiger partial charge in [0.25, 0.3) is 0 Å². The number of benzene rings is 2. The van der Waals surface area contributed by atoms with Gasteiger partial charge in [-0.1, -0.05) is 24.3 Å². The van der Waals surface area contributed by atoms with Crippen molar-refractivity contribution in [2.45, 2.75) is 30.6 Å². The zero-order valence-corrected chi connectivity index (χ0v) is 17.6. The van der Waals surface area contributed by atoms with Gasteiger partial charge in [0.1, 0.15) is 0 Å². The normalized spacial score (nSPS) is 15.8. The third-order valence-electron chi connectivity index (χ3n) is 5.48. The molecule has 30 heavy (non-hydrogen) atoms. The van der Waals surface area contributed by atoms with Gasteiger partial charge in [0, 0.05) is 31.3 Å². The molecule has 2 aromatic carbocycles. The number of rotatable bonds is 5. The van der Waals surface area contributed by atoms with Gasteiger partial charge in [-0.15, -0.1) is 0 Å². The zero-order valence-electron chi connectivity index (χ0n) is 16.7. The Kier molecular flexibility index (Phi) is 5.74. The van der Waals surface area contributed by atoms with Crippen LogP contribution in [-0.4, -0.2) is 31.7 Å². The largest absolute Gasteiger partial charge is 0.472 e. The summed E-state index contributed by atoms with van der Waals surface area (Å²) in [5.41, 5.74) is 3.96. The summed E-state index contributed by atoms with van der Waals surface area (Å²) in [6.45, 7) is 2.38. The Hall–Kier alpha value is -2.90. The maximum atomic E-state index is 13.0. The molecule has 6 nitrogen and oxygen atoms in total. The van der Waals surface area contributed by atoms with Crippen molar-refractivity contribution in [2.24, 2.45) is 0 Å². The van der Waals surface area contributed by atoms with Crippen LogP contribution < -0.4 is 5.32 Å². The van der Waals surface area contributed by atoms with E-state index in [4.69, 9.17) is 4.42 Å². The molecule has 0 saturated carbocycles. The minimum Gasteiger partial charge on any atom is -0.472 e. The Morgan fingerprint density at radius 3 is 2.40 bits per heavy atom. The summed E-state index contributed by atoms with van der Waals surface area (Å²) in [4.78, 5) is 11.4. The molecular formula is C23H24N2O4S. The van der Waals surface area contributed by atoms with Crippen LogP contribution in [0.15, 0.2) is 76.4 Å². The molecule has 0 atom stereocenters. The minimum atomic E-state index is -3.55. The molecule has 1 fully saturated rings. The average molecular weight is 425 g/mol. The molecule has 4 rings (SSSR count). The van der Waals surface area contributed by atoms with Crippen molar-refractivity contribution in [3.05, 3.63) is 72.7 Å². The van der Waals surface area contributed by atoms with E-state index in [-0.39, 0.29) is 10.8 Å². The van der Waals surface area contributed by atoms with Crippen LogP contribution in [0.5, 0.6) is 0 Å². The van der Waals surface area contributed by atoms with Crippen LogP contribution in [0, 0.1) is 0 Å². The molecule has 2 heterocycles. The molecule has 1 N–H and O–H groups in total. The number of piperidine rings is 1. The topological polar surface area (TPSA) is 79.6 Å². The standard InChI is InChI=1S/C23H24N2O4S/c1-17(26)24-22-5-7-23(8-6-22)30(27,28)25-12-9-18(10-13-25)19-3-2-4-20(15-19)21-11-14-29-16-21/h2-8,11,14-16,18H,9-10,12-13H2,1H3,(H,24,26). The summed E-state index contributed by atoms with van der Waals surface area (Å²) in [7, 11) is -3.55. The molecule has 1 aliphatic rings. The van der Waals surface area contributed by atoms with Gasteiger partial charge in [-0.2, -0.15) is 4.31 Å². The molecular weight excluding hydrogens is 400 g/mol. The summed E-state index contributed by atoms with van der Waals surface area (Å²) in [5.74, 6) is 0.134. The third kappa shape index (κ3) is 4.32. The van der Waals surface area contributed by atoms with E-state index < -0.39 is 10.0 Å². The number of hydrogen-bond acceptors (Lipinski definition) is 4. The number of nitrogens with one attached hydrogen (secondary N) is 1. The maximum Gasteiger partial charge on any atom is 0.243 e. The highest BCUT2D eigenvalue weighted by molar-refractivity contribution is 7.89. The number of carbonyl (C=O) groups is 1. The Bertz CT molecular complexity index is 1110. The lowest BCUT2D eigenvalue weighted by Gasteiger charge is -2.31. The van der Waals surface area contributed by atoms with Crippen LogP contribution in [0.3, 0.4) is 0 Å². The van der Waals surface area contributed by atoms with E-state index in [0.29, 0.717) is 24.7 Å². The first kappa shape index (κ1) is 20.4. The summed E-state index contributed by atoms with van der Waals surface area (Å²) >= 11 is 0. The molecule has 1 aromatic heterocycles. The smallest absolute Gasteiger partial charge is 0.243 e. The summed E-state index contributed by atoms with van der Waals surface area (Å²) in [5, 5.41) is 2.65. The first-order chi connectivity index (χ1) is 14.4. The Labute approximate surface area is 176 Å². The van der Waals surface area contributed by atoms with Crippen molar-refractivity contribution in [1.82, 2.24) is 4.31 Å². The number of nitrogens with zero attached hydrogens (tertiary/aromatic N) is 1. The zero-order chi connectivity index (χ0) is 21.1. The number of amides is 1. The molecule has 0 aliphatic carbocycles. The Morgan fingerprint density at radius 1 is 1.03 bits per heavy atom. The lowest BCUT2D eigenvalue weighted by atomic mass is 9.89. The van der Waals surface area contributed by atoms with E-state index in [2.05, 4.69) is 23.5 Å². The molecule has 0 spiro atoms. The van der Waals surface area contributed by atoms with Crippen LogP contribution >= 0.6 is 0 Å². The van der Waals surface area contributed by atoms with Gasteiger partial charge in [-0.3, -0.25) is 4.79 Å². The van der Waals surface area contributed by atoms with Gasteiger partial charge in [-0.25, -0.2) is 8.42 Å². The van der Waals surface area contributed by atoms with Crippen molar-refractivity contribution in [3.8, 4) is 11.1 Å². The van der Waals surface area contributed by atoms with Crippen LogP contribution in [-0.2, 0) is 14.8 Å². The molecule has 1 saturated heterocycles. The van der Waals surface area contributed by atoms with Gasteiger partial charge in [0.2, 0.25) is 15.9 Å². The van der Waals surface area contributed by atoms with Crippen molar-refractivity contribution >= 4 is 21.6 Å². The monoisotopic (exact) mass is 424 g/mol. The molecule has 7 heteroatoms. The molecule has 1 aliphatic heterocycles. The first-order valence-electron chi connectivity index (χ1n) is 9.94. The number of furan rings is 1. The van der Waals surface area contributed by atoms with Gasteiger partial charge in [0.05, 0.1) is 17.4 Å². The van der Waals surface area contributed by atoms with Gasteiger partial charge >= 0.3 is 0 Å². The molecule has 0 radical (unpaired) electrons. The van der Waals surface area contributed by atoms with Gasteiger partial charge in [-0.05, 0) is 60.2 Å². The number of sulfonamides is 1. The molecule has 0 unspecified atom stereocenters. The van der Waals surface area contributed by atoms with Crippen molar-refractivity contribution in [3.63, 3.8) is 0 Å². The van der Waals surface area contributed by atoms with Crippen molar-refractivity contribution in [2.75, 3.05) is 18.4 Å². The van der Waals surface area contributed by atoms with E-state index in [1.54, 1.807) is 41.1 Å². The SMILES string of the molecule is CC(=O)Nc1ccc(S(=O)(=O)N2CCC(c3cccc(-c4ccoc4)c3)CC2)cc1. The van der Waals surface area contributed by atoms with Crippen molar-refractivity contribution < 1.29 is 17.6 Å². The fourth-order valence-electron chi connectivity index (χ4n) is 3.89. The average Bonchev–Trinajstić information content (AvgIpc) is 3.29. The summed E-state index contributed by atoms with van der Waals surface area (Å²) in [6, 6.07) is 16.6. The third-order valence-corrected chi connectivity index (χ3v) is 7.39. The number of carbonyl (C=O) groups excluding carboxylic acids is 1. The Morgan fingerprint density at radius 2 is 1.77 bits per heavy atom. The summed E-state index contributed by atoms with van der Waals surface area (Å²) < 4.78 is 32.7. The maximum absolute atomic E-state index is 13.0. The fourth-order valence-corrected chi connectivity index (χ4v) is 5.36. The second-order valence-electron chi connectivity index (χ2n) is 7.52. The predicted molar refractivity (Wildman–Crippen MR) is 116 cm³/mol. The highest BCUT2D eigenvalue weighted by Crippen LogP contribution is 2.33. The first-order valence-corrected chi connectivity index (χ1v) is 11.4. The van der Waals surface area contributed by atoms with E-state index >= 15 is 0 Å². The van der Waals surface area contributed by atoms with Crippen LogP contribution in [0.4, 0.5) is 5.69 Å². The van der Waals surface area contributed by atoms with E-state index in [0.717, 1.165) is 24.0 Å². The van der Waals surface area contributed by atoms with Crippen LogP contribution in [0.2, 0.25) is 0 Å². The van der Waals surface area contributed by atoms with E-state index in [1.165, 1.54) is 12.5 Å². The van der Waals surface area contributed by atoms with Gasteiger partial charge in [0.15, 0.2) is 0 Å². The van der Waals surface area contributed by atoms with Crippen molar-refractivity contribution in [1.29, 1.82) is 0 Å². The Balaban J connectivity index is 1.44. The summed E-state index contributed by atoms with van der Waals surface area (Å²) in [6.07, 6.45) is 4.94. The van der Waals surface area contributed by atoms with Gasteiger partial charge < -0.3 is 9.73 Å². The number of anilines is 1. The second-order valence-corrected chi connectivity index (χ2v) is 9.46. The second kappa shape index (κ2) is 8.45. The fraction of sp³-hybridized carbons (Fsp3) is 0.261. The predicted octanol–water partition coefficient (Wildman–Crippen LogP) is 4.47. The quantitative estimate of drug-likeness (QED) is 0.655. The van der Waals surface area contributed by atoms with E-state index in [9.17, 15) is 13.2 Å².